The molecule has 68 valence electrons. The number of anilines is 1. The average molecular weight is 206 g/mol. The van der Waals surface area contributed by atoms with Gasteiger partial charge in [-0.2, -0.15) is 0 Å². The van der Waals surface area contributed by atoms with Crippen LogP contribution in [0.1, 0.15) is 20.8 Å². The molecular formula is C7H12ClN3S. The molecule has 1 atom stereocenters. The summed E-state index contributed by atoms with van der Waals surface area (Å²) < 4.78 is 0. The number of halogens is 1. The number of aromatic nitrogens is 2. The van der Waals surface area contributed by atoms with Crippen molar-refractivity contribution in [3.63, 3.8) is 0 Å². The largest absolute Gasteiger partial charge is 0.354 e. The molecule has 0 bridgehead atoms. The number of hydrogen-bond donors (Lipinski definition) is 1. The Morgan fingerprint density at radius 1 is 1.67 bits per heavy atom. The molecule has 0 saturated heterocycles. The lowest BCUT2D eigenvalue weighted by atomic mass is 10.0. The lowest BCUT2D eigenvalue weighted by Crippen LogP contribution is -2.38. The molecule has 1 rings (SSSR count). The first-order valence-corrected chi connectivity index (χ1v) is 5.02. The fraction of sp³-hybridized carbons (Fsp3) is 0.714. The highest BCUT2D eigenvalue weighted by molar-refractivity contribution is 7.13. The molecule has 3 nitrogen and oxygen atoms in total. The second-order valence-electron chi connectivity index (χ2n) is 3.21. The van der Waals surface area contributed by atoms with Crippen molar-refractivity contribution in [2.24, 2.45) is 0 Å². The fourth-order valence-corrected chi connectivity index (χ4v) is 1.27. The molecule has 0 radical (unpaired) electrons. The van der Waals surface area contributed by atoms with Gasteiger partial charge in [-0.1, -0.05) is 11.3 Å². The third-order valence-corrected chi connectivity index (χ3v) is 2.94. The highest BCUT2D eigenvalue weighted by Crippen LogP contribution is 2.21. The van der Waals surface area contributed by atoms with E-state index in [2.05, 4.69) is 15.5 Å². The van der Waals surface area contributed by atoms with Gasteiger partial charge in [0, 0.05) is 0 Å². The van der Waals surface area contributed by atoms with E-state index in [9.17, 15) is 0 Å². The Kier molecular flexibility index (Phi) is 2.90. The Morgan fingerprint density at radius 2 is 2.33 bits per heavy atom. The lowest BCUT2D eigenvalue weighted by molar-refractivity contribution is 0.554. The molecule has 0 amide bonds. The summed E-state index contributed by atoms with van der Waals surface area (Å²) in [6, 6.07) is 0. The van der Waals surface area contributed by atoms with Gasteiger partial charge in [0.25, 0.3) is 0 Å². The van der Waals surface area contributed by atoms with Gasteiger partial charge in [0.2, 0.25) is 5.13 Å². The zero-order valence-electron chi connectivity index (χ0n) is 7.34. The van der Waals surface area contributed by atoms with E-state index in [1.54, 1.807) is 5.51 Å². The summed E-state index contributed by atoms with van der Waals surface area (Å²) >= 11 is 7.46. The first-order valence-electron chi connectivity index (χ1n) is 3.71. The van der Waals surface area contributed by atoms with Gasteiger partial charge in [-0.15, -0.1) is 21.8 Å². The molecule has 0 aromatic carbocycles. The van der Waals surface area contributed by atoms with Crippen molar-refractivity contribution in [1.82, 2.24) is 10.2 Å². The number of alkyl halides is 1. The second-order valence-corrected chi connectivity index (χ2v) is 4.69. The first-order chi connectivity index (χ1) is 5.52. The topological polar surface area (TPSA) is 37.8 Å². The summed E-state index contributed by atoms with van der Waals surface area (Å²) in [4.78, 5) is 0. The van der Waals surface area contributed by atoms with E-state index in [0.717, 1.165) is 5.13 Å². The molecular weight excluding hydrogens is 194 g/mol. The monoisotopic (exact) mass is 205 g/mol. The summed E-state index contributed by atoms with van der Waals surface area (Å²) in [5.41, 5.74) is 1.54. The summed E-state index contributed by atoms with van der Waals surface area (Å²) in [6.45, 7) is 6.02. The minimum absolute atomic E-state index is 0.0430. The van der Waals surface area contributed by atoms with Crippen molar-refractivity contribution in [1.29, 1.82) is 0 Å². The van der Waals surface area contributed by atoms with Crippen LogP contribution in [-0.2, 0) is 0 Å². The zero-order chi connectivity index (χ0) is 9.19. The quantitative estimate of drug-likeness (QED) is 0.770. The van der Waals surface area contributed by atoms with Gasteiger partial charge in [-0.25, -0.2) is 0 Å². The Morgan fingerprint density at radius 3 is 2.75 bits per heavy atom. The van der Waals surface area contributed by atoms with Crippen LogP contribution >= 0.6 is 22.9 Å². The smallest absolute Gasteiger partial charge is 0.205 e. The van der Waals surface area contributed by atoms with Gasteiger partial charge < -0.3 is 5.32 Å². The predicted octanol–water partition coefficient (Wildman–Crippen LogP) is 2.36. The predicted molar refractivity (Wildman–Crippen MR) is 52.9 cm³/mol. The number of nitrogens with one attached hydrogen (secondary N) is 1. The molecule has 0 spiro atoms. The van der Waals surface area contributed by atoms with E-state index in [1.165, 1.54) is 11.3 Å². The minimum atomic E-state index is -0.152. The molecule has 5 heteroatoms. The SMILES string of the molecule is CC(Cl)C(C)(C)Nc1nncs1. The molecule has 1 heterocycles. The summed E-state index contributed by atoms with van der Waals surface area (Å²) in [7, 11) is 0. The lowest BCUT2D eigenvalue weighted by Gasteiger charge is -2.28. The molecule has 0 aliphatic rings. The van der Waals surface area contributed by atoms with Crippen molar-refractivity contribution >= 4 is 28.1 Å². The van der Waals surface area contributed by atoms with Crippen LogP contribution in [0, 0.1) is 0 Å². The van der Waals surface area contributed by atoms with Gasteiger partial charge in [-0.3, -0.25) is 0 Å². The van der Waals surface area contributed by atoms with Crippen LogP contribution in [0.15, 0.2) is 5.51 Å². The van der Waals surface area contributed by atoms with Crippen molar-refractivity contribution < 1.29 is 0 Å². The van der Waals surface area contributed by atoms with Crippen molar-refractivity contribution in [2.75, 3.05) is 5.32 Å². The third kappa shape index (κ3) is 2.32. The molecule has 0 saturated carbocycles. The molecule has 1 aromatic heterocycles. The molecule has 12 heavy (non-hydrogen) atoms. The van der Waals surface area contributed by atoms with Crippen LogP contribution in [0.25, 0.3) is 0 Å². The van der Waals surface area contributed by atoms with Gasteiger partial charge >= 0.3 is 0 Å². The maximum atomic E-state index is 5.98. The maximum Gasteiger partial charge on any atom is 0.205 e. The zero-order valence-corrected chi connectivity index (χ0v) is 8.91. The normalized spacial score (nSPS) is 14.3. The maximum absolute atomic E-state index is 5.98. The minimum Gasteiger partial charge on any atom is -0.354 e. The summed E-state index contributed by atoms with van der Waals surface area (Å²) in [5, 5.41) is 11.7. The Bertz CT molecular complexity index is 233. The van der Waals surface area contributed by atoms with Crippen molar-refractivity contribution in [2.45, 2.75) is 31.7 Å². The van der Waals surface area contributed by atoms with E-state index in [1.807, 2.05) is 20.8 Å². The molecule has 1 aromatic rings. The van der Waals surface area contributed by atoms with E-state index >= 15 is 0 Å². The van der Waals surface area contributed by atoms with Gasteiger partial charge in [-0.05, 0) is 20.8 Å². The van der Waals surface area contributed by atoms with Gasteiger partial charge in [0.15, 0.2) is 0 Å². The van der Waals surface area contributed by atoms with E-state index < -0.39 is 0 Å². The van der Waals surface area contributed by atoms with Crippen molar-refractivity contribution in [3.05, 3.63) is 5.51 Å². The van der Waals surface area contributed by atoms with Crippen LogP contribution in [0.3, 0.4) is 0 Å². The van der Waals surface area contributed by atoms with Gasteiger partial charge in [0.1, 0.15) is 5.51 Å². The number of hydrogen-bond acceptors (Lipinski definition) is 4. The van der Waals surface area contributed by atoms with Crippen LogP contribution in [0.4, 0.5) is 5.13 Å². The molecule has 1 N–H and O–H groups in total. The Hall–Kier alpha value is -0.350. The molecule has 0 fully saturated rings. The van der Waals surface area contributed by atoms with E-state index in [-0.39, 0.29) is 10.9 Å². The summed E-state index contributed by atoms with van der Waals surface area (Å²) in [5.74, 6) is 0. The van der Waals surface area contributed by atoms with Gasteiger partial charge in [0.05, 0.1) is 10.9 Å². The molecule has 1 unspecified atom stereocenters. The molecule has 0 aliphatic carbocycles. The Labute approximate surface area is 81.2 Å². The number of rotatable bonds is 3. The Balaban J connectivity index is 2.62. The summed E-state index contributed by atoms with van der Waals surface area (Å²) in [6.07, 6.45) is 0. The van der Waals surface area contributed by atoms with Crippen LogP contribution in [0.5, 0.6) is 0 Å². The third-order valence-electron chi connectivity index (χ3n) is 1.78. The highest BCUT2D eigenvalue weighted by Gasteiger charge is 2.24. The van der Waals surface area contributed by atoms with E-state index in [0.29, 0.717) is 0 Å². The van der Waals surface area contributed by atoms with Crippen molar-refractivity contribution in [3.8, 4) is 0 Å². The fourth-order valence-electron chi connectivity index (χ4n) is 0.603. The van der Waals surface area contributed by atoms with Crippen LogP contribution < -0.4 is 5.32 Å². The number of nitrogens with zero attached hydrogens (tertiary/aromatic N) is 2. The standard InChI is InChI=1S/C7H12ClN3S/c1-5(8)7(2,3)10-6-11-9-4-12-6/h4-5H,1-3H3,(H,10,11). The highest BCUT2D eigenvalue weighted by atomic mass is 35.5. The first kappa shape index (κ1) is 9.74. The van der Waals surface area contributed by atoms with E-state index in [4.69, 9.17) is 11.6 Å². The van der Waals surface area contributed by atoms with Crippen LogP contribution in [0.2, 0.25) is 0 Å². The second kappa shape index (κ2) is 3.58. The average Bonchev–Trinajstić information content (AvgIpc) is 2.38. The molecule has 0 aliphatic heterocycles. The van der Waals surface area contributed by atoms with Crippen LogP contribution in [-0.4, -0.2) is 21.1 Å².